The Kier molecular flexibility index (Phi) is 3.15. The summed E-state index contributed by atoms with van der Waals surface area (Å²) >= 11 is 3.50. The van der Waals surface area contributed by atoms with Crippen LogP contribution in [0.1, 0.15) is 18.2 Å². The van der Waals surface area contributed by atoms with E-state index in [-0.39, 0.29) is 0 Å². The van der Waals surface area contributed by atoms with Crippen molar-refractivity contribution < 1.29 is 0 Å². The minimum Gasteiger partial charge on any atom is -0.267 e. The monoisotopic (exact) mass is 278 g/mol. The number of aromatic nitrogens is 2. The number of halogens is 1. The van der Waals surface area contributed by atoms with Gasteiger partial charge in [0, 0.05) is 17.1 Å². The van der Waals surface area contributed by atoms with Gasteiger partial charge in [0.25, 0.3) is 0 Å². The molecule has 0 aliphatic heterocycles. The summed E-state index contributed by atoms with van der Waals surface area (Å²) in [7, 11) is 2.00. The Hall–Kier alpha value is -1.09. The molecule has 0 atom stereocenters. The molecule has 0 unspecified atom stereocenters. The highest BCUT2D eigenvalue weighted by molar-refractivity contribution is 9.10. The van der Waals surface area contributed by atoms with Crippen molar-refractivity contribution in [3.8, 4) is 11.3 Å². The predicted octanol–water partition coefficient (Wildman–Crippen LogP) is 3.72. The molecule has 0 radical (unpaired) electrons. The summed E-state index contributed by atoms with van der Waals surface area (Å²) in [6.07, 6.45) is 0.980. The van der Waals surface area contributed by atoms with E-state index in [0.29, 0.717) is 0 Å². The van der Waals surface area contributed by atoms with Crippen LogP contribution in [0.2, 0.25) is 0 Å². The van der Waals surface area contributed by atoms with E-state index < -0.39 is 0 Å². The van der Waals surface area contributed by atoms with Gasteiger partial charge in [0.1, 0.15) is 0 Å². The number of nitrogens with zero attached hydrogens (tertiary/aromatic N) is 2. The molecule has 84 valence electrons. The van der Waals surface area contributed by atoms with Crippen LogP contribution in [-0.4, -0.2) is 9.78 Å². The summed E-state index contributed by atoms with van der Waals surface area (Å²) in [5.41, 5.74) is 4.88. The van der Waals surface area contributed by atoms with Crippen LogP contribution in [0.4, 0.5) is 0 Å². The molecule has 16 heavy (non-hydrogen) atoms. The zero-order chi connectivity index (χ0) is 11.7. The number of benzene rings is 1. The van der Waals surface area contributed by atoms with E-state index in [9.17, 15) is 0 Å². The first-order valence-electron chi connectivity index (χ1n) is 5.42. The molecule has 0 spiro atoms. The van der Waals surface area contributed by atoms with Crippen LogP contribution < -0.4 is 0 Å². The molecular formula is C13H15BrN2. The lowest BCUT2D eigenvalue weighted by atomic mass is 10.1. The Morgan fingerprint density at radius 2 is 2.12 bits per heavy atom. The second kappa shape index (κ2) is 4.42. The molecule has 1 aromatic carbocycles. The van der Waals surface area contributed by atoms with E-state index in [4.69, 9.17) is 0 Å². The third kappa shape index (κ3) is 1.92. The van der Waals surface area contributed by atoms with Crippen LogP contribution >= 0.6 is 15.9 Å². The first-order valence-corrected chi connectivity index (χ1v) is 6.21. The first-order chi connectivity index (χ1) is 7.63. The van der Waals surface area contributed by atoms with Crippen LogP contribution in [0.25, 0.3) is 11.3 Å². The van der Waals surface area contributed by atoms with E-state index in [0.717, 1.165) is 10.9 Å². The zero-order valence-electron chi connectivity index (χ0n) is 9.79. The second-order valence-corrected chi connectivity index (χ2v) is 4.82. The van der Waals surface area contributed by atoms with Crippen molar-refractivity contribution in [1.82, 2.24) is 9.78 Å². The van der Waals surface area contributed by atoms with Gasteiger partial charge in [-0.2, -0.15) is 5.10 Å². The molecule has 0 N–H and O–H groups in total. The van der Waals surface area contributed by atoms with Gasteiger partial charge in [-0.3, -0.25) is 4.68 Å². The number of aryl methyl sites for hydroxylation is 2. The summed E-state index contributed by atoms with van der Waals surface area (Å²) in [6.45, 7) is 4.28. The average molecular weight is 279 g/mol. The number of hydrogen-bond acceptors (Lipinski definition) is 1. The SMILES string of the molecule is CCc1nn(C)c(-c2cccc(Br)c2)c1C. The molecule has 0 saturated carbocycles. The molecule has 0 fully saturated rings. The summed E-state index contributed by atoms with van der Waals surface area (Å²) in [6, 6.07) is 8.34. The van der Waals surface area contributed by atoms with Crippen LogP contribution in [0.3, 0.4) is 0 Å². The van der Waals surface area contributed by atoms with E-state index >= 15 is 0 Å². The molecule has 2 rings (SSSR count). The van der Waals surface area contributed by atoms with Crippen LogP contribution in [0.5, 0.6) is 0 Å². The quantitative estimate of drug-likeness (QED) is 0.819. The second-order valence-electron chi connectivity index (χ2n) is 3.91. The van der Waals surface area contributed by atoms with E-state index in [1.54, 1.807) is 0 Å². The third-order valence-electron chi connectivity index (χ3n) is 2.82. The van der Waals surface area contributed by atoms with Crippen LogP contribution in [0, 0.1) is 6.92 Å². The molecular weight excluding hydrogens is 264 g/mol. The molecule has 0 aliphatic rings. The van der Waals surface area contributed by atoms with Gasteiger partial charge >= 0.3 is 0 Å². The number of rotatable bonds is 2. The lowest BCUT2D eigenvalue weighted by Crippen LogP contribution is -1.94. The Morgan fingerprint density at radius 1 is 1.38 bits per heavy atom. The Labute approximate surface area is 104 Å². The van der Waals surface area contributed by atoms with Gasteiger partial charge in [-0.15, -0.1) is 0 Å². The maximum atomic E-state index is 4.54. The smallest absolute Gasteiger partial charge is 0.0711 e. The van der Waals surface area contributed by atoms with Gasteiger partial charge < -0.3 is 0 Å². The van der Waals surface area contributed by atoms with Crippen molar-refractivity contribution in [3.63, 3.8) is 0 Å². The Morgan fingerprint density at radius 3 is 2.69 bits per heavy atom. The molecule has 1 heterocycles. The first kappa shape index (κ1) is 11.4. The molecule has 1 aromatic heterocycles. The zero-order valence-corrected chi connectivity index (χ0v) is 11.4. The standard InChI is InChI=1S/C13H15BrN2/c1-4-12-9(2)13(16(3)15-12)10-6-5-7-11(14)8-10/h5-8H,4H2,1-3H3. The van der Waals surface area contributed by atoms with Gasteiger partial charge in [0.15, 0.2) is 0 Å². The van der Waals surface area contributed by atoms with Gasteiger partial charge in [-0.05, 0) is 31.0 Å². The molecule has 2 nitrogen and oxygen atoms in total. The summed E-state index contributed by atoms with van der Waals surface area (Å²) in [4.78, 5) is 0. The van der Waals surface area contributed by atoms with E-state index in [1.807, 2.05) is 17.8 Å². The van der Waals surface area contributed by atoms with Crippen molar-refractivity contribution in [1.29, 1.82) is 0 Å². The van der Waals surface area contributed by atoms with Gasteiger partial charge in [-0.25, -0.2) is 0 Å². The highest BCUT2D eigenvalue weighted by Gasteiger charge is 2.12. The molecule has 0 bridgehead atoms. The largest absolute Gasteiger partial charge is 0.267 e. The Bertz CT molecular complexity index is 515. The minimum absolute atomic E-state index is 0.980. The average Bonchev–Trinajstić information content (AvgIpc) is 2.53. The van der Waals surface area contributed by atoms with Crippen molar-refractivity contribution in [2.45, 2.75) is 20.3 Å². The van der Waals surface area contributed by atoms with Gasteiger partial charge in [-0.1, -0.05) is 35.0 Å². The summed E-state index contributed by atoms with van der Waals surface area (Å²) in [5, 5.41) is 4.54. The lowest BCUT2D eigenvalue weighted by molar-refractivity contribution is 0.753. The fourth-order valence-electron chi connectivity index (χ4n) is 2.06. The van der Waals surface area contributed by atoms with Crippen molar-refractivity contribution in [3.05, 3.63) is 40.0 Å². The minimum atomic E-state index is 0.980. The number of hydrogen-bond donors (Lipinski definition) is 0. The Balaban J connectivity index is 2.60. The van der Waals surface area contributed by atoms with Crippen molar-refractivity contribution >= 4 is 15.9 Å². The van der Waals surface area contributed by atoms with E-state index in [1.165, 1.54) is 22.5 Å². The maximum absolute atomic E-state index is 4.54. The highest BCUT2D eigenvalue weighted by Crippen LogP contribution is 2.27. The lowest BCUT2D eigenvalue weighted by Gasteiger charge is -2.04. The predicted molar refractivity (Wildman–Crippen MR) is 70.5 cm³/mol. The third-order valence-corrected chi connectivity index (χ3v) is 3.31. The van der Waals surface area contributed by atoms with Crippen LogP contribution in [-0.2, 0) is 13.5 Å². The fraction of sp³-hybridized carbons (Fsp3) is 0.308. The molecule has 0 aliphatic carbocycles. The van der Waals surface area contributed by atoms with Crippen molar-refractivity contribution in [2.75, 3.05) is 0 Å². The molecule has 2 aromatic rings. The maximum Gasteiger partial charge on any atom is 0.0711 e. The van der Waals surface area contributed by atoms with Gasteiger partial charge in [0.2, 0.25) is 0 Å². The summed E-state index contributed by atoms with van der Waals surface area (Å²) < 4.78 is 3.07. The molecule has 0 amide bonds. The van der Waals surface area contributed by atoms with Gasteiger partial charge in [0.05, 0.1) is 11.4 Å². The van der Waals surface area contributed by atoms with Crippen molar-refractivity contribution in [2.24, 2.45) is 7.05 Å². The topological polar surface area (TPSA) is 17.8 Å². The molecule has 3 heteroatoms. The highest BCUT2D eigenvalue weighted by atomic mass is 79.9. The summed E-state index contributed by atoms with van der Waals surface area (Å²) in [5.74, 6) is 0. The van der Waals surface area contributed by atoms with E-state index in [2.05, 4.69) is 53.1 Å². The molecule has 0 saturated heterocycles. The normalized spacial score (nSPS) is 10.8. The van der Waals surface area contributed by atoms with Crippen LogP contribution in [0.15, 0.2) is 28.7 Å². The fourth-order valence-corrected chi connectivity index (χ4v) is 2.46.